The Morgan fingerprint density at radius 1 is 1.31 bits per heavy atom. The molecule has 10 heteroatoms. The van der Waals surface area contributed by atoms with Crippen LogP contribution in [0.25, 0.3) is 0 Å². The molecule has 4 rings (SSSR count). The lowest BCUT2D eigenvalue weighted by Gasteiger charge is -2.45. The van der Waals surface area contributed by atoms with Crippen molar-refractivity contribution in [1.82, 2.24) is 4.98 Å². The van der Waals surface area contributed by atoms with Gasteiger partial charge in [-0.05, 0) is 19.8 Å². The minimum absolute atomic E-state index is 0.00260. The van der Waals surface area contributed by atoms with E-state index in [0.717, 1.165) is 4.90 Å². The normalized spacial score (nSPS) is 23.3. The topological polar surface area (TPSA) is 60.2 Å². The smallest absolute Gasteiger partial charge is 0.356 e. The SMILES string of the molecule is CC(=O)CC1CN(c2nc(N3CCC3C(F)(F)F)c(C#N)c3c2CCC3(F)F)C1. The molecular weight excluding hydrogens is 395 g/mol. The zero-order chi connectivity index (χ0) is 21.1. The Kier molecular flexibility index (Phi) is 4.48. The maximum absolute atomic E-state index is 14.6. The van der Waals surface area contributed by atoms with Gasteiger partial charge in [-0.2, -0.15) is 18.4 Å². The van der Waals surface area contributed by atoms with E-state index in [1.165, 1.54) is 6.92 Å². The highest BCUT2D eigenvalue weighted by Gasteiger charge is 2.52. The first kappa shape index (κ1) is 19.9. The highest BCUT2D eigenvalue weighted by Crippen LogP contribution is 2.50. The lowest BCUT2D eigenvalue weighted by atomic mass is 9.93. The summed E-state index contributed by atoms with van der Waals surface area (Å²) >= 11 is 0. The molecule has 1 aromatic heterocycles. The standard InChI is InChI=1S/C19H19F5N4O/c1-10(29)6-11-8-27(9-11)16-12-2-4-18(20,21)15(12)13(7-25)17(26-16)28-5-3-14(28)19(22,23)24/h11,14H,2-6,8-9H2,1H3. The predicted octanol–water partition coefficient (Wildman–Crippen LogP) is 3.55. The van der Waals surface area contributed by atoms with Crippen molar-refractivity contribution in [2.45, 2.75) is 50.7 Å². The molecule has 2 saturated heterocycles. The van der Waals surface area contributed by atoms with Crippen LogP contribution in [-0.4, -0.2) is 42.6 Å². The highest BCUT2D eigenvalue weighted by molar-refractivity contribution is 5.76. The third kappa shape index (κ3) is 3.20. The first-order chi connectivity index (χ1) is 13.5. The Labute approximate surface area is 164 Å². The van der Waals surface area contributed by atoms with E-state index in [4.69, 9.17) is 0 Å². The number of carbonyl (C=O) groups excluding carboxylic acids is 1. The lowest BCUT2D eigenvalue weighted by Crippen LogP contribution is -2.57. The molecule has 0 aromatic carbocycles. The van der Waals surface area contributed by atoms with Crippen molar-refractivity contribution in [3.8, 4) is 6.07 Å². The van der Waals surface area contributed by atoms with E-state index in [9.17, 15) is 32.0 Å². The van der Waals surface area contributed by atoms with Crippen LogP contribution < -0.4 is 9.80 Å². The zero-order valence-electron chi connectivity index (χ0n) is 15.7. The largest absolute Gasteiger partial charge is 0.408 e. The molecule has 156 valence electrons. The van der Waals surface area contributed by atoms with E-state index >= 15 is 0 Å². The summed E-state index contributed by atoms with van der Waals surface area (Å²) < 4.78 is 69.0. The van der Waals surface area contributed by atoms with Crippen LogP contribution in [0.5, 0.6) is 0 Å². The van der Waals surface area contributed by atoms with Gasteiger partial charge in [-0.1, -0.05) is 0 Å². The van der Waals surface area contributed by atoms with Gasteiger partial charge in [-0.15, -0.1) is 0 Å². The summed E-state index contributed by atoms with van der Waals surface area (Å²) in [5.41, 5.74) is -0.704. The number of halogens is 5. The average molecular weight is 414 g/mol. The van der Waals surface area contributed by atoms with Gasteiger partial charge in [0.25, 0.3) is 5.92 Å². The first-order valence-corrected chi connectivity index (χ1v) is 9.46. The number of ketones is 1. The number of alkyl halides is 5. The van der Waals surface area contributed by atoms with Crippen molar-refractivity contribution in [2.24, 2.45) is 5.92 Å². The monoisotopic (exact) mass is 414 g/mol. The summed E-state index contributed by atoms with van der Waals surface area (Å²) in [5, 5.41) is 9.53. The summed E-state index contributed by atoms with van der Waals surface area (Å²) in [6.45, 7) is 2.33. The van der Waals surface area contributed by atoms with Gasteiger partial charge in [0.15, 0.2) is 0 Å². The fraction of sp³-hybridized carbons (Fsp3) is 0.632. The summed E-state index contributed by atoms with van der Waals surface area (Å²) in [7, 11) is 0. The number of pyridine rings is 1. The average Bonchev–Trinajstić information content (AvgIpc) is 2.83. The second kappa shape index (κ2) is 6.54. The number of nitrogens with zero attached hydrogens (tertiary/aromatic N) is 4. The van der Waals surface area contributed by atoms with E-state index in [0.29, 0.717) is 19.5 Å². The number of nitriles is 1. The van der Waals surface area contributed by atoms with Crippen LogP contribution in [0, 0.1) is 17.2 Å². The molecule has 0 amide bonds. The molecule has 0 N–H and O–H groups in total. The summed E-state index contributed by atoms with van der Waals surface area (Å²) in [6, 6.07) is -0.134. The predicted molar refractivity (Wildman–Crippen MR) is 94.0 cm³/mol. The van der Waals surface area contributed by atoms with Gasteiger partial charge in [0.05, 0.1) is 0 Å². The molecule has 0 spiro atoms. The van der Waals surface area contributed by atoms with Gasteiger partial charge in [-0.3, -0.25) is 0 Å². The van der Waals surface area contributed by atoms with Crippen LogP contribution in [-0.2, 0) is 17.1 Å². The third-order valence-corrected chi connectivity index (χ3v) is 5.93. The molecule has 0 radical (unpaired) electrons. The van der Waals surface area contributed by atoms with E-state index < -0.39 is 35.7 Å². The molecule has 1 atom stereocenters. The summed E-state index contributed by atoms with van der Waals surface area (Å²) in [4.78, 5) is 18.2. The molecule has 0 saturated carbocycles. The minimum Gasteiger partial charge on any atom is -0.356 e. The van der Waals surface area contributed by atoms with Crippen LogP contribution in [0.3, 0.4) is 0 Å². The first-order valence-electron chi connectivity index (χ1n) is 9.46. The quantitative estimate of drug-likeness (QED) is 0.706. The van der Waals surface area contributed by atoms with Crippen LogP contribution in [0.15, 0.2) is 0 Å². The van der Waals surface area contributed by atoms with Crippen molar-refractivity contribution >= 4 is 17.4 Å². The van der Waals surface area contributed by atoms with Crippen molar-refractivity contribution in [2.75, 3.05) is 29.4 Å². The van der Waals surface area contributed by atoms with Gasteiger partial charge in [0.1, 0.15) is 35.1 Å². The number of hydrogen-bond donors (Lipinski definition) is 0. The Morgan fingerprint density at radius 2 is 2.00 bits per heavy atom. The van der Waals surface area contributed by atoms with Gasteiger partial charge in [-0.25, -0.2) is 13.8 Å². The van der Waals surface area contributed by atoms with Crippen molar-refractivity contribution in [3.05, 3.63) is 16.7 Å². The van der Waals surface area contributed by atoms with Gasteiger partial charge in [0, 0.05) is 49.5 Å². The number of rotatable bonds is 4. The number of anilines is 2. The van der Waals surface area contributed by atoms with E-state index in [1.54, 1.807) is 11.0 Å². The van der Waals surface area contributed by atoms with Gasteiger partial charge in [0.2, 0.25) is 0 Å². The summed E-state index contributed by atoms with van der Waals surface area (Å²) in [6.07, 6.45) is -4.82. The molecule has 1 aromatic rings. The number of fused-ring (bicyclic) bond motifs is 1. The van der Waals surface area contributed by atoms with Crippen molar-refractivity contribution < 1.29 is 26.7 Å². The molecule has 3 heterocycles. The fourth-order valence-corrected chi connectivity index (χ4v) is 4.48. The van der Waals surface area contributed by atoms with E-state index in [1.807, 2.05) is 0 Å². The molecule has 0 bridgehead atoms. The van der Waals surface area contributed by atoms with Crippen LogP contribution in [0.4, 0.5) is 33.6 Å². The lowest BCUT2D eigenvalue weighted by molar-refractivity contribution is -0.159. The molecule has 2 fully saturated rings. The van der Waals surface area contributed by atoms with Crippen LogP contribution >= 0.6 is 0 Å². The van der Waals surface area contributed by atoms with Crippen molar-refractivity contribution in [3.63, 3.8) is 0 Å². The molecule has 2 aliphatic heterocycles. The van der Waals surface area contributed by atoms with Crippen LogP contribution in [0.1, 0.15) is 42.9 Å². The number of aromatic nitrogens is 1. The van der Waals surface area contributed by atoms with Gasteiger partial charge < -0.3 is 14.6 Å². The number of Topliss-reactive ketones (excluding diaryl/α,β-unsaturated/α-hetero) is 1. The molecular formula is C19H19F5N4O. The molecule has 3 aliphatic rings. The maximum atomic E-state index is 14.6. The maximum Gasteiger partial charge on any atom is 0.408 e. The van der Waals surface area contributed by atoms with E-state index in [-0.39, 0.29) is 48.3 Å². The Hall–Kier alpha value is -2.44. The second-order valence-electron chi connectivity index (χ2n) is 8.02. The fourth-order valence-electron chi connectivity index (χ4n) is 4.48. The van der Waals surface area contributed by atoms with E-state index in [2.05, 4.69) is 4.98 Å². The number of hydrogen-bond acceptors (Lipinski definition) is 5. The Bertz CT molecular complexity index is 901. The molecule has 1 unspecified atom stereocenters. The zero-order valence-corrected chi connectivity index (χ0v) is 15.7. The van der Waals surface area contributed by atoms with Crippen molar-refractivity contribution in [1.29, 1.82) is 5.26 Å². The second-order valence-corrected chi connectivity index (χ2v) is 8.02. The van der Waals surface area contributed by atoms with Gasteiger partial charge >= 0.3 is 6.18 Å². The third-order valence-electron chi connectivity index (χ3n) is 5.93. The molecule has 5 nitrogen and oxygen atoms in total. The Balaban J connectivity index is 1.77. The summed E-state index contributed by atoms with van der Waals surface area (Å²) in [5.74, 6) is -3.29. The molecule has 1 aliphatic carbocycles. The Morgan fingerprint density at radius 3 is 2.52 bits per heavy atom. The number of carbonyl (C=O) groups is 1. The minimum atomic E-state index is -4.53. The van der Waals surface area contributed by atoms with Crippen LogP contribution in [0.2, 0.25) is 0 Å². The highest BCUT2D eigenvalue weighted by atomic mass is 19.4. The molecule has 29 heavy (non-hydrogen) atoms.